The minimum Gasteiger partial charge on any atom is -0.300 e. The first-order chi connectivity index (χ1) is 5.20. The molecule has 1 heterocycles. The maximum atomic E-state index is 10.7. The van der Waals surface area contributed by atoms with E-state index in [1.165, 1.54) is 6.33 Å². The van der Waals surface area contributed by atoms with Crippen molar-refractivity contribution in [1.29, 1.82) is 0 Å². The van der Waals surface area contributed by atoms with Gasteiger partial charge in [0.2, 0.25) is 0 Å². The van der Waals surface area contributed by atoms with Crippen LogP contribution in [0.25, 0.3) is 0 Å². The lowest BCUT2D eigenvalue weighted by atomic mass is 10.2. The highest BCUT2D eigenvalue weighted by atomic mass is 16.1. The summed E-state index contributed by atoms with van der Waals surface area (Å²) in [6, 6.07) is 0.120. The summed E-state index contributed by atoms with van der Waals surface area (Å²) in [6.45, 7) is 3.52. The van der Waals surface area contributed by atoms with Crippen LogP contribution in [-0.2, 0) is 4.79 Å². The zero-order chi connectivity index (χ0) is 8.27. The third-order valence-electron chi connectivity index (χ3n) is 1.47. The monoisotopic (exact) mass is 153 g/mol. The number of Topliss-reactive ketones (excluding diaryl/α,β-unsaturated/α-hetero) is 1. The topological polar surface area (TPSA) is 47.8 Å². The summed E-state index contributed by atoms with van der Waals surface area (Å²) in [5.41, 5.74) is 0. The molecule has 0 aliphatic rings. The van der Waals surface area contributed by atoms with E-state index in [9.17, 15) is 4.79 Å². The van der Waals surface area contributed by atoms with Gasteiger partial charge in [0.25, 0.3) is 0 Å². The summed E-state index contributed by atoms with van der Waals surface area (Å²) in [5.74, 6) is 0.174. The van der Waals surface area contributed by atoms with Gasteiger partial charge in [0.1, 0.15) is 18.4 Å². The standard InChI is InChI=1S/C7H11N3O/c1-6(3-7(2)11)10-5-8-4-9-10/h4-6H,3H2,1-2H3. The Bertz CT molecular complexity index is 230. The number of ketones is 1. The molecule has 0 spiro atoms. The summed E-state index contributed by atoms with van der Waals surface area (Å²) in [4.78, 5) is 14.5. The minimum absolute atomic E-state index is 0.120. The second kappa shape index (κ2) is 3.27. The predicted molar refractivity (Wildman–Crippen MR) is 40.0 cm³/mol. The maximum Gasteiger partial charge on any atom is 0.137 e. The van der Waals surface area contributed by atoms with Crippen molar-refractivity contribution in [3.63, 3.8) is 0 Å². The molecule has 0 bridgehead atoms. The fourth-order valence-electron chi connectivity index (χ4n) is 0.955. The molecule has 11 heavy (non-hydrogen) atoms. The van der Waals surface area contributed by atoms with E-state index in [2.05, 4.69) is 10.1 Å². The van der Waals surface area contributed by atoms with Crippen molar-refractivity contribution >= 4 is 5.78 Å². The van der Waals surface area contributed by atoms with E-state index in [1.54, 1.807) is 17.9 Å². The quantitative estimate of drug-likeness (QED) is 0.645. The number of carbonyl (C=O) groups excluding carboxylic acids is 1. The number of carbonyl (C=O) groups is 1. The Morgan fingerprint density at radius 3 is 2.91 bits per heavy atom. The van der Waals surface area contributed by atoms with Gasteiger partial charge in [-0.3, -0.25) is 4.79 Å². The van der Waals surface area contributed by atoms with Gasteiger partial charge in [0, 0.05) is 6.42 Å². The second-order valence-electron chi connectivity index (χ2n) is 2.63. The van der Waals surface area contributed by atoms with Crippen molar-refractivity contribution in [3.8, 4) is 0 Å². The molecular weight excluding hydrogens is 142 g/mol. The molecule has 0 amide bonds. The van der Waals surface area contributed by atoms with Gasteiger partial charge in [-0.1, -0.05) is 0 Å². The van der Waals surface area contributed by atoms with Crippen LogP contribution in [0, 0.1) is 0 Å². The third kappa shape index (κ3) is 2.14. The van der Waals surface area contributed by atoms with Crippen molar-refractivity contribution in [2.24, 2.45) is 0 Å². The number of hydrogen-bond acceptors (Lipinski definition) is 3. The molecule has 60 valence electrons. The van der Waals surface area contributed by atoms with Crippen LogP contribution in [0.4, 0.5) is 0 Å². The Labute approximate surface area is 65.2 Å². The second-order valence-corrected chi connectivity index (χ2v) is 2.63. The molecule has 0 aliphatic heterocycles. The van der Waals surface area contributed by atoms with E-state index in [4.69, 9.17) is 0 Å². The summed E-state index contributed by atoms with van der Waals surface area (Å²) in [6.07, 6.45) is 3.60. The Balaban J connectivity index is 2.56. The van der Waals surface area contributed by atoms with E-state index < -0.39 is 0 Å². The largest absolute Gasteiger partial charge is 0.300 e. The van der Waals surface area contributed by atoms with Crippen LogP contribution >= 0.6 is 0 Å². The molecule has 1 aromatic heterocycles. The van der Waals surface area contributed by atoms with Crippen LogP contribution in [0.2, 0.25) is 0 Å². The zero-order valence-corrected chi connectivity index (χ0v) is 6.69. The number of aromatic nitrogens is 3. The van der Waals surface area contributed by atoms with Crippen LogP contribution in [0.3, 0.4) is 0 Å². The van der Waals surface area contributed by atoms with Gasteiger partial charge < -0.3 is 0 Å². The first-order valence-electron chi connectivity index (χ1n) is 3.53. The lowest BCUT2D eigenvalue weighted by Gasteiger charge is -2.07. The van der Waals surface area contributed by atoms with E-state index in [0.29, 0.717) is 6.42 Å². The van der Waals surface area contributed by atoms with Crippen molar-refractivity contribution < 1.29 is 4.79 Å². The van der Waals surface area contributed by atoms with Crippen LogP contribution in [-0.4, -0.2) is 20.5 Å². The molecule has 0 N–H and O–H groups in total. The first kappa shape index (κ1) is 7.91. The van der Waals surface area contributed by atoms with Gasteiger partial charge in [0.05, 0.1) is 6.04 Å². The van der Waals surface area contributed by atoms with Gasteiger partial charge in [-0.2, -0.15) is 5.10 Å². The summed E-state index contributed by atoms with van der Waals surface area (Å²) in [7, 11) is 0. The van der Waals surface area contributed by atoms with Crippen molar-refractivity contribution in [2.45, 2.75) is 26.3 Å². The molecule has 1 unspecified atom stereocenters. The highest BCUT2D eigenvalue weighted by Crippen LogP contribution is 2.07. The van der Waals surface area contributed by atoms with Gasteiger partial charge >= 0.3 is 0 Å². The van der Waals surface area contributed by atoms with Crippen molar-refractivity contribution in [3.05, 3.63) is 12.7 Å². The Morgan fingerprint density at radius 2 is 2.45 bits per heavy atom. The number of nitrogens with zero attached hydrogens (tertiary/aromatic N) is 3. The summed E-state index contributed by atoms with van der Waals surface area (Å²) < 4.78 is 1.68. The molecule has 0 aromatic carbocycles. The smallest absolute Gasteiger partial charge is 0.137 e. The molecule has 4 nitrogen and oxygen atoms in total. The van der Waals surface area contributed by atoms with Crippen molar-refractivity contribution in [1.82, 2.24) is 14.8 Å². The SMILES string of the molecule is CC(=O)CC(C)n1cncn1. The normalized spacial score (nSPS) is 12.9. The lowest BCUT2D eigenvalue weighted by molar-refractivity contribution is -0.117. The highest BCUT2D eigenvalue weighted by molar-refractivity contribution is 5.75. The minimum atomic E-state index is 0.120. The lowest BCUT2D eigenvalue weighted by Crippen LogP contribution is -2.09. The average Bonchev–Trinajstić information content (AvgIpc) is 2.35. The Morgan fingerprint density at radius 1 is 1.73 bits per heavy atom. The third-order valence-corrected chi connectivity index (χ3v) is 1.47. The molecule has 4 heteroatoms. The van der Waals surface area contributed by atoms with Gasteiger partial charge in [-0.15, -0.1) is 0 Å². The fraction of sp³-hybridized carbons (Fsp3) is 0.571. The fourth-order valence-corrected chi connectivity index (χ4v) is 0.955. The molecular formula is C7H11N3O. The molecule has 0 aliphatic carbocycles. The van der Waals surface area contributed by atoms with Crippen LogP contribution < -0.4 is 0 Å². The summed E-state index contributed by atoms with van der Waals surface area (Å²) >= 11 is 0. The highest BCUT2D eigenvalue weighted by Gasteiger charge is 2.06. The van der Waals surface area contributed by atoms with Gasteiger partial charge in [-0.05, 0) is 13.8 Å². The number of rotatable bonds is 3. The molecule has 0 saturated carbocycles. The van der Waals surface area contributed by atoms with E-state index in [-0.39, 0.29) is 11.8 Å². The maximum absolute atomic E-state index is 10.7. The summed E-state index contributed by atoms with van der Waals surface area (Å²) in [5, 5.41) is 3.92. The molecule has 0 saturated heterocycles. The Hall–Kier alpha value is -1.19. The van der Waals surface area contributed by atoms with Crippen LogP contribution in [0.1, 0.15) is 26.3 Å². The first-order valence-corrected chi connectivity index (χ1v) is 3.53. The molecule has 0 fully saturated rings. The van der Waals surface area contributed by atoms with Crippen LogP contribution in [0.15, 0.2) is 12.7 Å². The zero-order valence-electron chi connectivity index (χ0n) is 6.69. The average molecular weight is 153 g/mol. The molecule has 1 aromatic rings. The molecule has 1 rings (SSSR count). The van der Waals surface area contributed by atoms with Gasteiger partial charge in [0.15, 0.2) is 0 Å². The van der Waals surface area contributed by atoms with E-state index in [0.717, 1.165) is 0 Å². The predicted octanol–water partition coefficient (Wildman–Crippen LogP) is 0.818. The Kier molecular flexibility index (Phi) is 2.36. The number of hydrogen-bond donors (Lipinski definition) is 0. The van der Waals surface area contributed by atoms with E-state index in [1.807, 2.05) is 6.92 Å². The molecule has 0 radical (unpaired) electrons. The molecule has 1 atom stereocenters. The van der Waals surface area contributed by atoms with Crippen molar-refractivity contribution in [2.75, 3.05) is 0 Å². The van der Waals surface area contributed by atoms with Gasteiger partial charge in [-0.25, -0.2) is 9.67 Å². The van der Waals surface area contributed by atoms with E-state index >= 15 is 0 Å². The van der Waals surface area contributed by atoms with Crippen LogP contribution in [0.5, 0.6) is 0 Å².